The molecule has 0 saturated carbocycles. The lowest BCUT2D eigenvalue weighted by molar-refractivity contribution is 0.0635. The van der Waals surface area contributed by atoms with Crippen LogP contribution in [0.2, 0.25) is 0 Å². The number of amides is 2. The molecule has 0 aliphatic carbocycles. The van der Waals surface area contributed by atoms with E-state index in [4.69, 9.17) is 9.47 Å². The molecule has 0 saturated heterocycles. The number of methoxy groups -OCH3 is 1. The van der Waals surface area contributed by atoms with Crippen LogP contribution in [0, 0.1) is 0 Å². The third-order valence-electron chi connectivity index (χ3n) is 3.31. The van der Waals surface area contributed by atoms with E-state index in [0.717, 1.165) is 0 Å². The lowest BCUT2D eigenvalue weighted by Crippen LogP contribution is -2.27. The Morgan fingerprint density at radius 3 is 2.52 bits per heavy atom. The van der Waals surface area contributed by atoms with Gasteiger partial charge in [0.25, 0.3) is 11.7 Å². The lowest BCUT2D eigenvalue weighted by atomic mass is 10.2. The summed E-state index contributed by atoms with van der Waals surface area (Å²) in [7, 11) is 1.43. The van der Waals surface area contributed by atoms with Crippen molar-refractivity contribution in [2.75, 3.05) is 17.7 Å². The third-order valence-corrected chi connectivity index (χ3v) is 4.04. The normalized spacial score (nSPS) is 11.1. The largest absolute Gasteiger partial charge is 0.495 e. The lowest BCUT2D eigenvalue weighted by Gasteiger charge is -2.20. The van der Waals surface area contributed by atoms with E-state index in [9.17, 15) is 18.4 Å². The van der Waals surface area contributed by atoms with E-state index in [1.54, 1.807) is 32.9 Å². The molecule has 0 unspecified atom stereocenters. The summed E-state index contributed by atoms with van der Waals surface area (Å²) in [5.74, 6) is -2.97. The highest BCUT2D eigenvalue weighted by Crippen LogP contribution is 2.30. The Bertz CT molecular complexity index is 888. The maximum atomic E-state index is 12.7. The van der Waals surface area contributed by atoms with Gasteiger partial charge in [-0.05, 0) is 62.9 Å². The molecule has 2 aromatic rings. The number of thioether (sulfide) groups is 1. The van der Waals surface area contributed by atoms with Gasteiger partial charge in [0.15, 0.2) is 0 Å². The van der Waals surface area contributed by atoms with Crippen molar-refractivity contribution in [3.05, 3.63) is 42.1 Å². The molecule has 0 fully saturated rings. The van der Waals surface area contributed by atoms with Gasteiger partial charge in [-0.1, -0.05) is 0 Å². The summed E-state index contributed by atoms with van der Waals surface area (Å²) in [5, 5.41) is 5.07. The van der Waals surface area contributed by atoms with Crippen LogP contribution in [0.4, 0.5) is 25.0 Å². The van der Waals surface area contributed by atoms with Crippen LogP contribution in [0.25, 0.3) is 0 Å². The Morgan fingerprint density at radius 1 is 1.17 bits per heavy atom. The standard InChI is InChI=1S/C19H21F2N3O4S/c1-19(2,3)28-18(26)24-13-10-11(7-8-14(13)27-4)23-15(25)12-6-5-9-22-16(12)29-17(20)21/h5-10,17H,1-4H3,(H,23,25)(H,24,26). The number of hydrogen-bond acceptors (Lipinski definition) is 6. The Labute approximate surface area is 171 Å². The second kappa shape index (κ2) is 9.55. The highest BCUT2D eigenvalue weighted by atomic mass is 32.2. The van der Waals surface area contributed by atoms with Gasteiger partial charge in [-0.2, -0.15) is 8.78 Å². The first-order chi connectivity index (χ1) is 13.6. The van der Waals surface area contributed by atoms with Crippen molar-refractivity contribution in [3.63, 3.8) is 0 Å². The number of hydrogen-bond donors (Lipinski definition) is 2. The van der Waals surface area contributed by atoms with Gasteiger partial charge >= 0.3 is 6.09 Å². The van der Waals surface area contributed by atoms with Crippen molar-refractivity contribution in [2.24, 2.45) is 0 Å². The van der Waals surface area contributed by atoms with Crippen LogP contribution < -0.4 is 15.4 Å². The number of benzene rings is 1. The average molecular weight is 425 g/mol. The molecule has 0 atom stereocenters. The zero-order valence-corrected chi connectivity index (χ0v) is 17.1. The maximum Gasteiger partial charge on any atom is 0.412 e. The monoisotopic (exact) mass is 425 g/mol. The van der Waals surface area contributed by atoms with Gasteiger partial charge in [-0.3, -0.25) is 10.1 Å². The minimum Gasteiger partial charge on any atom is -0.495 e. The van der Waals surface area contributed by atoms with Crippen molar-refractivity contribution in [2.45, 2.75) is 37.2 Å². The SMILES string of the molecule is COc1ccc(NC(=O)c2cccnc2SC(F)F)cc1NC(=O)OC(C)(C)C. The van der Waals surface area contributed by atoms with Crippen molar-refractivity contribution in [1.29, 1.82) is 0 Å². The maximum absolute atomic E-state index is 12.7. The Balaban J connectivity index is 2.22. The van der Waals surface area contributed by atoms with Crippen molar-refractivity contribution in [3.8, 4) is 5.75 Å². The number of pyridine rings is 1. The molecule has 0 aliphatic rings. The predicted molar refractivity (Wildman–Crippen MR) is 107 cm³/mol. The number of alkyl halides is 2. The number of carbonyl (C=O) groups excluding carboxylic acids is 2. The summed E-state index contributed by atoms with van der Waals surface area (Å²) < 4.78 is 35.8. The molecule has 7 nitrogen and oxygen atoms in total. The molecule has 0 bridgehead atoms. The van der Waals surface area contributed by atoms with Crippen LogP contribution in [-0.4, -0.2) is 35.5 Å². The summed E-state index contributed by atoms with van der Waals surface area (Å²) in [6, 6.07) is 7.44. The van der Waals surface area contributed by atoms with Gasteiger partial charge in [0.2, 0.25) is 0 Å². The molecule has 2 N–H and O–H groups in total. The number of nitrogens with one attached hydrogen (secondary N) is 2. The molecule has 1 aromatic heterocycles. The number of ether oxygens (including phenoxy) is 2. The first kappa shape index (κ1) is 22.4. The van der Waals surface area contributed by atoms with Gasteiger partial charge in [-0.25, -0.2) is 9.78 Å². The first-order valence-corrected chi connectivity index (χ1v) is 9.36. The van der Waals surface area contributed by atoms with Gasteiger partial charge in [0, 0.05) is 11.9 Å². The van der Waals surface area contributed by atoms with Crippen molar-refractivity contribution >= 4 is 35.1 Å². The zero-order valence-electron chi connectivity index (χ0n) is 16.3. The Hall–Kier alpha value is -2.88. The molecule has 0 aliphatic heterocycles. The van der Waals surface area contributed by atoms with Gasteiger partial charge in [-0.15, -0.1) is 0 Å². The number of nitrogens with zero attached hydrogens (tertiary/aromatic N) is 1. The van der Waals surface area contributed by atoms with Gasteiger partial charge < -0.3 is 14.8 Å². The number of rotatable bonds is 6. The third kappa shape index (κ3) is 6.90. The number of halogens is 2. The van der Waals surface area contributed by atoms with E-state index >= 15 is 0 Å². The quantitative estimate of drug-likeness (QED) is 0.633. The highest BCUT2D eigenvalue weighted by molar-refractivity contribution is 7.99. The van der Waals surface area contributed by atoms with Gasteiger partial charge in [0.05, 0.1) is 18.4 Å². The molecule has 10 heteroatoms. The molecule has 1 aromatic carbocycles. The van der Waals surface area contributed by atoms with Crippen LogP contribution >= 0.6 is 11.8 Å². The smallest absolute Gasteiger partial charge is 0.412 e. The predicted octanol–water partition coefficient (Wildman–Crippen LogP) is 5.00. The molecule has 2 rings (SSSR count). The minimum absolute atomic E-state index is 0.00951. The number of aromatic nitrogens is 1. The summed E-state index contributed by atoms with van der Waals surface area (Å²) in [6.07, 6.45) is 0.639. The van der Waals surface area contributed by atoms with Crippen LogP contribution in [0.1, 0.15) is 31.1 Å². The summed E-state index contributed by atoms with van der Waals surface area (Å²) in [4.78, 5) is 28.4. The van der Waals surface area contributed by atoms with Crippen LogP contribution in [0.15, 0.2) is 41.6 Å². The molecular weight excluding hydrogens is 404 g/mol. The second-order valence-corrected chi connectivity index (χ2v) is 7.71. The van der Waals surface area contributed by atoms with E-state index in [1.165, 1.54) is 31.5 Å². The molecule has 0 spiro atoms. The number of anilines is 2. The van der Waals surface area contributed by atoms with E-state index in [2.05, 4.69) is 15.6 Å². The fraction of sp³-hybridized carbons (Fsp3) is 0.316. The van der Waals surface area contributed by atoms with E-state index in [1.807, 2.05) is 0 Å². The molecule has 29 heavy (non-hydrogen) atoms. The molecule has 0 radical (unpaired) electrons. The fourth-order valence-corrected chi connectivity index (χ4v) is 2.82. The first-order valence-electron chi connectivity index (χ1n) is 8.48. The van der Waals surface area contributed by atoms with E-state index in [-0.39, 0.29) is 28.0 Å². The minimum atomic E-state index is -2.71. The molecule has 2 amide bonds. The summed E-state index contributed by atoms with van der Waals surface area (Å²) in [5.41, 5.74) is -0.0933. The highest BCUT2D eigenvalue weighted by Gasteiger charge is 2.19. The van der Waals surface area contributed by atoms with E-state index in [0.29, 0.717) is 11.4 Å². The van der Waals surface area contributed by atoms with Gasteiger partial charge in [0.1, 0.15) is 16.4 Å². The van der Waals surface area contributed by atoms with Crippen molar-refractivity contribution < 1.29 is 27.8 Å². The Kier molecular flexibility index (Phi) is 7.38. The molecular formula is C19H21F2N3O4S. The van der Waals surface area contributed by atoms with Crippen LogP contribution in [0.5, 0.6) is 5.75 Å². The van der Waals surface area contributed by atoms with E-state index < -0.39 is 23.4 Å². The molecule has 1 heterocycles. The van der Waals surface area contributed by atoms with Crippen LogP contribution in [0.3, 0.4) is 0 Å². The average Bonchev–Trinajstić information content (AvgIpc) is 2.60. The number of carbonyl (C=O) groups is 2. The second-order valence-electron chi connectivity index (χ2n) is 6.73. The fourth-order valence-electron chi connectivity index (χ4n) is 2.24. The Morgan fingerprint density at radius 2 is 1.90 bits per heavy atom. The topological polar surface area (TPSA) is 89.5 Å². The summed E-state index contributed by atoms with van der Waals surface area (Å²) in [6.45, 7) is 5.18. The zero-order chi connectivity index (χ0) is 21.6. The summed E-state index contributed by atoms with van der Waals surface area (Å²) >= 11 is 0.188. The molecule has 156 valence electrons. The van der Waals surface area contributed by atoms with Crippen LogP contribution in [-0.2, 0) is 4.74 Å². The van der Waals surface area contributed by atoms with Crippen molar-refractivity contribution in [1.82, 2.24) is 4.98 Å².